The van der Waals surface area contributed by atoms with E-state index in [9.17, 15) is 13.6 Å². The van der Waals surface area contributed by atoms with Crippen LogP contribution >= 0.6 is 11.6 Å². The molecule has 0 aliphatic rings. The fraction of sp³-hybridized carbons (Fsp3) is 0.133. The standard InChI is InChI=1S/C15H13ClF2N2O/c1-9-6-11(17)3-5-13(9)19-8-15(21)20-14-7-10(16)2-4-12(14)18/h2-7,19H,8H2,1H3,(H,20,21). The highest BCUT2D eigenvalue weighted by molar-refractivity contribution is 6.30. The highest BCUT2D eigenvalue weighted by atomic mass is 35.5. The minimum absolute atomic E-state index is 0.0186. The van der Waals surface area contributed by atoms with Gasteiger partial charge in [0.1, 0.15) is 11.6 Å². The van der Waals surface area contributed by atoms with Crippen molar-refractivity contribution in [1.29, 1.82) is 0 Å². The minimum atomic E-state index is -0.564. The number of carbonyl (C=O) groups is 1. The summed E-state index contributed by atoms with van der Waals surface area (Å²) in [6, 6.07) is 8.10. The van der Waals surface area contributed by atoms with E-state index in [1.165, 1.54) is 36.4 Å². The molecule has 6 heteroatoms. The third-order valence-electron chi connectivity index (χ3n) is 2.83. The number of hydrogen-bond donors (Lipinski definition) is 2. The summed E-state index contributed by atoms with van der Waals surface area (Å²) in [6.45, 7) is 1.65. The largest absolute Gasteiger partial charge is 0.376 e. The number of anilines is 2. The molecule has 3 nitrogen and oxygen atoms in total. The third kappa shape index (κ3) is 4.16. The van der Waals surface area contributed by atoms with Gasteiger partial charge in [0.25, 0.3) is 0 Å². The molecule has 0 bridgehead atoms. The Morgan fingerprint density at radius 1 is 1.14 bits per heavy atom. The Morgan fingerprint density at radius 2 is 1.90 bits per heavy atom. The summed E-state index contributed by atoms with van der Waals surface area (Å²) in [6.07, 6.45) is 0. The lowest BCUT2D eigenvalue weighted by Crippen LogP contribution is -2.22. The third-order valence-corrected chi connectivity index (χ3v) is 3.07. The molecule has 0 radical (unpaired) electrons. The molecule has 0 aliphatic heterocycles. The van der Waals surface area contributed by atoms with Gasteiger partial charge in [0.15, 0.2) is 0 Å². The summed E-state index contributed by atoms with van der Waals surface area (Å²) in [5.74, 6) is -1.34. The van der Waals surface area contributed by atoms with Crippen molar-refractivity contribution in [1.82, 2.24) is 0 Å². The minimum Gasteiger partial charge on any atom is -0.376 e. The van der Waals surface area contributed by atoms with Crippen LogP contribution in [-0.2, 0) is 4.79 Å². The summed E-state index contributed by atoms with van der Waals surface area (Å²) >= 11 is 5.74. The van der Waals surface area contributed by atoms with E-state index < -0.39 is 11.7 Å². The Balaban J connectivity index is 1.97. The van der Waals surface area contributed by atoms with E-state index in [0.717, 1.165) is 0 Å². The monoisotopic (exact) mass is 310 g/mol. The Bertz CT molecular complexity index is 677. The molecule has 0 spiro atoms. The Kier molecular flexibility index (Phi) is 4.75. The van der Waals surface area contributed by atoms with Crippen molar-refractivity contribution in [3.63, 3.8) is 0 Å². The molecule has 0 aliphatic carbocycles. The first-order valence-corrected chi connectivity index (χ1v) is 6.58. The van der Waals surface area contributed by atoms with Crippen LogP contribution in [0.15, 0.2) is 36.4 Å². The number of benzene rings is 2. The first-order chi connectivity index (χ1) is 9.95. The molecule has 2 aromatic rings. The molecule has 2 rings (SSSR count). The van der Waals surface area contributed by atoms with Crippen molar-refractivity contribution < 1.29 is 13.6 Å². The SMILES string of the molecule is Cc1cc(F)ccc1NCC(=O)Nc1cc(Cl)ccc1F. The van der Waals surface area contributed by atoms with Crippen molar-refractivity contribution in [3.8, 4) is 0 Å². The molecule has 0 aromatic heterocycles. The van der Waals surface area contributed by atoms with Gasteiger partial charge in [-0.15, -0.1) is 0 Å². The van der Waals surface area contributed by atoms with Gasteiger partial charge in [-0.05, 0) is 48.9 Å². The molecular formula is C15H13ClF2N2O. The predicted molar refractivity (Wildman–Crippen MR) is 79.7 cm³/mol. The first-order valence-electron chi connectivity index (χ1n) is 6.20. The van der Waals surface area contributed by atoms with Crippen molar-refractivity contribution in [2.45, 2.75) is 6.92 Å². The second kappa shape index (κ2) is 6.54. The molecule has 21 heavy (non-hydrogen) atoms. The molecular weight excluding hydrogens is 298 g/mol. The smallest absolute Gasteiger partial charge is 0.243 e. The lowest BCUT2D eigenvalue weighted by atomic mass is 10.2. The molecule has 2 N–H and O–H groups in total. The zero-order valence-corrected chi connectivity index (χ0v) is 12.0. The summed E-state index contributed by atoms with van der Waals surface area (Å²) in [7, 11) is 0. The Labute approximate surface area is 125 Å². The van der Waals surface area contributed by atoms with Gasteiger partial charge in [-0.3, -0.25) is 4.79 Å². The summed E-state index contributed by atoms with van der Waals surface area (Å²) in [5, 5.41) is 5.61. The molecule has 1 amide bonds. The van der Waals surface area contributed by atoms with E-state index in [0.29, 0.717) is 16.3 Å². The molecule has 0 atom stereocenters. The van der Waals surface area contributed by atoms with Crippen LogP contribution in [0.2, 0.25) is 5.02 Å². The van der Waals surface area contributed by atoms with Gasteiger partial charge in [-0.1, -0.05) is 11.6 Å². The van der Waals surface area contributed by atoms with Crippen LogP contribution in [0, 0.1) is 18.6 Å². The van der Waals surface area contributed by atoms with Crippen molar-refractivity contribution in [2.24, 2.45) is 0 Å². The molecule has 0 heterocycles. The maximum atomic E-state index is 13.5. The number of halogens is 3. The van der Waals surface area contributed by atoms with E-state index >= 15 is 0 Å². The number of hydrogen-bond acceptors (Lipinski definition) is 2. The topological polar surface area (TPSA) is 41.1 Å². The van der Waals surface area contributed by atoms with E-state index in [-0.39, 0.29) is 18.0 Å². The zero-order chi connectivity index (χ0) is 15.4. The normalized spacial score (nSPS) is 10.3. The number of nitrogens with one attached hydrogen (secondary N) is 2. The zero-order valence-electron chi connectivity index (χ0n) is 11.2. The Hall–Kier alpha value is -2.14. The second-order valence-electron chi connectivity index (χ2n) is 4.49. The van der Waals surface area contributed by atoms with Gasteiger partial charge in [0.2, 0.25) is 5.91 Å². The fourth-order valence-corrected chi connectivity index (χ4v) is 1.96. The molecule has 2 aromatic carbocycles. The Morgan fingerprint density at radius 3 is 2.62 bits per heavy atom. The molecule has 0 saturated carbocycles. The molecule has 0 unspecified atom stereocenters. The lowest BCUT2D eigenvalue weighted by molar-refractivity contribution is -0.114. The second-order valence-corrected chi connectivity index (χ2v) is 4.92. The van der Waals surface area contributed by atoms with Gasteiger partial charge in [0.05, 0.1) is 12.2 Å². The van der Waals surface area contributed by atoms with Crippen LogP contribution in [0.5, 0.6) is 0 Å². The van der Waals surface area contributed by atoms with Crippen molar-refractivity contribution >= 4 is 28.9 Å². The van der Waals surface area contributed by atoms with Crippen LogP contribution in [-0.4, -0.2) is 12.5 Å². The predicted octanol–water partition coefficient (Wildman–Crippen LogP) is 3.98. The van der Waals surface area contributed by atoms with Gasteiger partial charge in [-0.25, -0.2) is 8.78 Å². The van der Waals surface area contributed by atoms with Gasteiger partial charge in [-0.2, -0.15) is 0 Å². The fourth-order valence-electron chi connectivity index (χ4n) is 1.79. The number of carbonyl (C=O) groups excluding carboxylic acids is 1. The summed E-state index contributed by atoms with van der Waals surface area (Å²) in [4.78, 5) is 11.8. The molecule has 0 fully saturated rings. The number of aryl methyl sites for hydroxylation is 1. The quantitative estimate of drug-likeness (QED) is 0.897. The van der Waals surface area contributed by atoms with Crippen LogP contribution in [0.25, 0.3) is 0 Å². The van der Waals surface area contributed by atoms with Crippen LogP contribution in [0.4, 0.5) is 20.2 Å². The van der Waals surface area contributed by atoms with E-state index in [2.05, 4.69) is 10.6 Å². The van der Waals surface area contributed by atoms with Gasteiger partial charge in [0, 0.05) is 10.7 Å². The van der Waals surface area contributed by atoms with Crippen LogP contribution in [0.1, 0.15) is 5.56 Å². The summed E-state index contributed by atoms with van der Waals surface area (Å²) in [5.41, 5.74) is 1.33. The van der Waals surface area contributed by atoms with E-state index in [1.54, 1.807) is 6.92 Å². The summed E-state index contributed by atoms with van der Waals surface area (Å²) < 4.78 is 26.4. The number of rotatable bonds is 4. The molecule has 0 saturated heterocycles. The van der Waals surface area contributed by atoms with E-state index in [4.69, 9.17) is 11.6 Å². The maximum Gasteiger partial charge on any atom is 0.243 e. The highest BCUT2D eigenvalue weighted by Crippen LogP contribution is 2.19. The van der Waals surface area contributed by atoms with Crippen molar-refractivity contribution in [2.75, 3.05) is 17.2 Å². The highest BCUT2D eigenvalue weighted by Gasteiger charge is 2.08. The van der Waals surface area contributed by atoms with Gasteiger partial charge < -0.3 is 10.6 Å². The van der Waals surface area contributed by atoms with Crippen LogP contribution in [0.3, 0.4) is 0 Å². The van der Waals surface area contributed by atoms with Crippen LogP contribution < -0.4 is 10.6 Å². The van der Waals surface area contributed by atoms with Crippen molar-refractivity contribution in [3.05, 3.63) is 58.6 Å². The molecule has 110 valence electrons. The maximum absolute atomic E-state index is 13.5. The average molecular weight is 311 g/mol. The average Bonchev–Trinajstić information content (AvgIpc) is 2.42. The van der Waals surface area contributed by atoms with Gasteiger partial charge >= 0.3 is 0 Å². The first kappa shape index (κ1) is 15.3. The lowest BCUT2D eigenvalue weighted by Gasteiger charge is -2.10. The number of amides is 1. The van der Waals surface area contributed by atoms with E-state index in [1.807, 2.05) is 0 Å².